The molecule has 0 unspecified atom stereocenters. The number of pyridine rings is 1. The summed E-state index contributed by atoms with van der Waals surface area (Å²) < 4.78 is 5.97. The highest BCUT2D eigenvalue weighted by molar-refractivity contribution is 5.79. The predicted molar refractivity (Wildman–Crippen MR) is 105 cm³/mol. The van der Waals surface area contributed by atoms with Crippen molar-refractivity contribution in [3.8, 4) is 23.0 Å². The molecule has 28 heavy (non-hydrogen) atoms. The highest BCUT2D eigenvalue weighted by Crippen LogP contribution is 2.27. The van der Waals surface area contributed by atoms with Crippen molar-refractivity contribution < 1.29 is 9.66 Å². The maximum atomic E-state index is 10.8. The number of non-ortho nitro benzene ring substituents is 1. The largest absolute Gasteiger partial charge is 0.439 e. The molecule has 0 aliphatic rings. The fraction of sp³-hybridized carbons (Fsp3) is 0.0952. The van der Waals surface area contributed by atoms with Crippen molar-refractivity contribution in [2.24, 2.45) is 0 Å². The Morgan fingerprint density at radius 1 is 1.04 bits per heavy atom. The topological polar surface area (TPSA) is 91.0 Å². The molecule has 2 heterocycles. The van der Waals surface area contributed by atoms with Crippen LogP contribution in [0.25, 0.3) is 22.3 Å². The molecule has 0 aliphatic heterocycles. The van der Waals surface area contributed by atoms with Crippen LogP contribution in [0.4, 0.5) is 5.69 Å². The van der Waals surface area contributed by atoms with Crippen molar-refractivity contribution in [2.45, 2.75) is 13.3 Å². The van der Waals surface area contributed by atoms with Crippen LogP contribution >= 0.6 is 0 Å². The van der Waals surface area contributed by atoms with Gasteiger partial charge < -0.3 is 4.74 Å². The lowest BCUT2D eigenvalue weighted by Gasteiger charge is -2.09. The molecule has 0 amide bonds. The Hall–Kier alpha value is -3.87. The summed E-state index contributed by atoms with van der Waals surface area (Å²) >= 11 is 0. The molecule has 7 nitrogen and oxygen atoms in total. The van der Waals surface area contributed by atoms with E-state index in [1.165, 1.54) is 12.1 Å². The Balaban J connectivity index is 1.68. The zero-order valence-corrected chi connectivity index (χ0v) is 15.1. The summed E-state index contributed by atoms with van der Waals surface area (Å²) in [6.07, 6.45) is 2.46. The van der Waals surface area contributed by atoms with Crippen molar-refractivity contribution in [2.75, 3.05) is 0 Å². The summed E-state index contributed by atoms with van der Waals surface area (Å²) in [5.41, 5.74) is 2.42. The molecule has 7 heteroatoms. The molecule has 0 bridgehead atoms. The number of aryl methyl sites for hydroxylation is 1. The molecule has 0 fully saturated rings. The molecule has 0 spiro atoms. The highest BCUT2D eigenvalue weighted by atomic mass is 16.6. The fourth-order valence-electron chi connectivity index (χ4n) is 2.81. The minimum atomic E-state index is -0.434. The second kappa shape index (κ2) is 7.40. The van der Waals surface area contributed by atoms with Gasteiger partial charge in [0.1, 0.15) is 5.75 Å². The Morgan fingerprint density at radius 2 is 1.86 bits per heavy atom. The number of hydrogen-bond donors (Lipinski definition) is 0. The number of aromatic nitrogens is 3. The molecule has 2 aromatic heterocycles. The highest BCUT2D eigenvalue weighted by Gasteiger charge is 2.11. The van der Waals surface area contributed by atoms with Gasteiger partial charge in [0.2, 0.25) is 5.88 Å². The van der Waals surface area contributed by atoms with Crippen LogP contribution in [-0.2, 0) is 6.42 Å². The Morgan fingerprint density at radius 3 is 2.61 bits per heavy atom. The first kappa shape index (κ1) is 17.5. The van der Waals surface area contributed by atoms with E-state index in [9.17, 15) is 10.1 Å². The number of benzene rings is 2. The number of nitro benzene ring substituents is 1. The van der Waals surface area contributed by atoms with E-state index in [0.717, 1.165) is 16.6 Å². The van der Waals surface area contributed by atoms with Crippen molar-refractivity contribution in [3.63, 3.8) is 0 Å². The number of nitro groups is 1. The van der Waals surface area contributed by atoms with E-state index in [4.69, 9.17) is 4.74 Å². The average molecular weight is 372 g/mol. The minimum absolute atomic E-state index is 0.0247. The van der Waals surface area contributed by atoms with Crippen molar-refractivity contribution in [1.29, 1.82) is 0 Å². The lowest BCUT2D eigenvalue weighted by atomic mass is 10.2. The number of ether oxygens (including phenoxy) is 1. The summed E-state index contributed by atoms with van der Waals surface area (Å²) in [6, 6.07) is 17.4. The van der Waals surface area contributed by atoms with Gasteiger partial charge in [0, 0.05) is 41.0 Å². The van der Waals surface area contributed by atoms with E-state index < -0.39 is 4.92 Å². The molecular weight excluding hydrogens is 356 g/mol. The number of rotatable bonds is 5. The van der Waals surface area contributed by atoms with Gasteiger partial charge in [0.25, 0.3) is 5.69 Å². The first-order chi connectivity index (χ1) is 13.6. The van der Waals surface area contributed by atoms with Crippen molar-refractivity contribution >= 4 is 16.6 Å². The van der Waals surface area contributed by atoms with E-state index in [1.54, 1.807) is 24.4 Å². The summed E-state index contributed by atoms with van der Waals surface area (Å²) in [4.78, 5) is 23.7. The maximum Gasteiger partial charge on any atom is 0.269 e. The van der Waals surface area contributed by atoms with Gasteiger partial charge in [-0.15, -0.1) is 0 Å². The minimum Gasteiger partial charge on any atom is -0.439 e. The predicted octanol–water partition coefficient (Wildman–Crippen LogP) is 4.95. The lowest BCUT2D eigenvalue weighted by Crippen LogP contribution is -1.98. The first-order valence-corrected chi connectivity index (χ1v) is 8.78. The first-order valence-electron chi connectivity index (χ1n) is 8.78. The van der Waals surface area contributed by atoms with Gasteiger partial charge in [-0.3, -0.25) is 15.1 Å². The van der Waals surface area contributed by atoms with Crippen LogP contribution in [0.2, 0.25) is 0 Å². The Kier molecular flexibility index (Phi) is 4.63. The molecule has 4 rings (SSSR count). The molecule has 0 radical (unpaired) electrons. The summed E-state index contributed by atoms with van der Waals surface area (Å²) in [7, 11) is 0. The van der Waals surface area contributed by atoms with Gasteiger partial charge in [0.05, 0.1) is 10.4 Å². The van der Waals surface area contributed by atoms with Crippen LogP contribution in [0.15, 0.2) is 66.9 Å². The molecule has 0 saturated heterocycles. The van der Waals surface area contributed by atoms with Crippen LogP contribution in [0.1, 0.15) is 12.6 Å². The van der Waals surface area contributed by atoms with Crippen LogP contribution < -0.4 is 4.74 Å². The van der Waals surface area contributed by atoms with Crippen molar-refractivity contribution in [3.05, 3.63) is 82.7 Å². The van der Waals surface area contributed by atoms with Crippen LogP contribution in [0.3, 0.4) is 0 Å². The molecule has 0 atom stereocenters. The van der Waals surface area contributed by atoms with Gasteiger partial charge >= 0.3 is 0 Å². The van der Waals surface area contributed by atoms with E-state index >= 15 is 0 Å². The van der Waals surface area contributed by atoms with Crippen molar-refractivity contribution in [1.82, 2.24) is 15.0 Å². The summed E-state index contributed by atoms with van der Waals surface area (Å²) in [6.45, 7) is 1.99. The smallest absolute Gasteiger partial charge is 0.269 e. The quantitative estimate of drug-likeness (QED) is 0.363. The zero-order chi connectivity index (χ0) is 19.5. The third-order valence-corrected chi connectivity index (χ3v) is 4.25. The van der Waals surface area contributed by atoms with E-state index in [1.807, 2.05) is 37.3 Å². The Bertz CT molecular complexity index is 1160. The number of fused-ring (bicyclic) bond motifs is 1. The van der Waals surface area contributed by atoms with Gasteiger partial charge in [-0.1, -0.05) is 13.0 Å². The second-order valence-electron chi connectivity index (χ2n) is 6.14. The SMILES string of the molecule is CCc1cc(Oc2ccc3ncccc3c2)nc(-c2ccc([N+](=O)[O-])cc2)n1. The molecule has 2 aromatic carbocycles. The summed E-state index contributed by atoms with van der Waals surface area (Å²) in [5, 5.41) is 11.8. The van der Waals surface area contributed by atoms with Crippen LogP contribution in [0, 0.1) is 10.1 Å². The molecule has 0 aliphatic carbocycles. The monoisotopic (exact) mass is 372 g/mol. The molecule has 0 N–H and O–H groups in total. The van der Waals surface area contributed by atoms with E-state index in [-0.39, 0.29) is 5.69 Å². The van der Waals surface area contributed by atoms with Crippen LogP contribution in [-0.4, -0.2) is 19.9 Å². The molecule has 4 aromatic rings. The normalized spacial score (nSPS) is 10.8. The number of nitrogens with zero attached hydrogens (tertiary/aromatic N) is 4. The van der Waals surface area contributed by atoms with Gasteiger partial charge in [0.15, 0.2) is 5.82 Å². The maximum absolute atomic E-state index is 10.8. The van der Waals surface area contributed by atoms with Gasteiger partial charge in [-0.25, -0.2) is 4.98 Å². The van der Waals surface area contributed by atoms with E-state index in [2.05, 4.69) is 15.0 Å². The van der Waals surface area contributed by atoms with Gasteiger partial charge in [-0.05, 0) is 42.8 Å². The lowest BCUT2D eigenvalue weighted by molar-refractivity contribution is -0.384. The standard InChI is InChI=1S/C21H16N4O3/c1-2-16-13-20(28-18-9-10-19-15(12-18)4-3-11-22-19)24-21(23-16)14-5-7-17(8-6-14)25(26)27/h3-13H,2H2,1H3. The van der Waals surface area contributed by atoms with E-state index in [0.29, 0.717) is 29.4 Å². The molecular formula is C21H16N4O3. The summed E-state index contributed by atoms with van der Waals surface area (Å²) in [5.74, 6) is 1.53. The Labute approximate surface area is 160 Å². The second-order valence-corrected chi connectivity index (χ2v) is 6.14. The molecule has 0 saturated carbocycles. The third-order valence-electron chi connectivity index (χ3n) is 4.25. The molecule has 138 valence electrons. The number of hydrogen-bond acceptors (Lipinski definition) is 6. The zero-order valence-electron chi connectivity index (χ0n) is 15.1. The van der Waals surface area contributed by atoms with Crippen LogP contribution in [0.5, 0.6) is 11.6 Å². The third kappa shape index (κ3) is 3.64. The van der Waals surface area contributed by atoms with Gasteiger partial charge in [-0.2, -0.15) is 4.98 Å². The fourth-order valence-corrected chi connectivity index (χ4v) is 2.81. The average Bonchev–Trinajstić information content (AvgIpc) is 2.73.